The van der Waals surface area contributed by atoms with E-state index in [1.807, 2.05) is 0 Å². The van der Waals surface area contributed by atoms with Crippen LogP contribution < -0.4 is 0 Å². The van der Waals surface area contributed by atoms with E-state index in [0.717, 1.165) is 0 Å². The van der Waals surface area contributed by atoms with Gasteiger partial charge in [0.1, 0.15) is 0 Å². The van der Waals surface area contributed by atoms with Gasteiger partial charge in [0.15, 0.2) is 0 Å². The van der Waals surface area contributed by atoms with Crippen LogP contribution in [0.5, 0.6) is 0 Å². The van der Waals surface area contributed by atoms with Gasteiger partial charge < -0.3 is 4.74 Å². The summed E-state index contributed by atoms with van der Waals surface area (Å²) in [5.41, 5.74) is 3.70. The lowest BCUT2D eigenvalue weighted by Crippen LogP contribution is -2.07. The van der Waals surface area contributed by atoms with Crippen LogP contribution in [0.1, 0.15) is 36.0 Å². The number of rotatable bonds is 3. The first-order valence-electron chi connectivity index (χ1n) is 5.18. The summed E-state index contributed by atoms with van der Waals surface area (Å²) >= 11 is 0. The lowest BCUT2D eigenvalue weighted by molar-refractivity contribution is -0.140. The van der Waals surface area contributed by atoms with Crippen molar-refractivity contribution in [2.45, 2.75) is 33.1 Å². The Bertz CT molecular complexity index is 356. The third-order valence-electron chi connectivity index (χ3n) is 2.67. The second kappa shape index (κ2) is 4.96. The van der Waals surface area contributed by atoms with Crippen LogP contribution in [-0.2, 0) is 9.53 Å². The summed E-state index contributed by atoms with van der Waals surface area (Å²) < 4.78 is 4.67. The maximum atomic E-state index is 11.2. The number of hydrogen-bond donors (Lipinski definition) is 0. The number of hydrogen-bond acceptors (Lipinski definition) is 2. The van der Waals surface area contributed by atoms with Gasteiger partial charge in [0.25, 0.3) is 0 Å². The van der Waals surface area contributed by atoms with Gasteiger partial charge in [-0.15, -0.1) is 0 Å². The van der Waals surface area contributed by atoms with E-state index in [2.05, 4.69) is 43.7 Å². The number of esters is 1. The summed E-state index contributed by atoms with van der Waals surface area (Å²) in [6.45, 7) is 6.19. The maximum absolute atomic E-state index is 11.2. The summed E-state index contributed by atoms with van der Waals surface area (Å²) in [6.07, 6.45) is 0.445. The Kier molecular flexibility index (Phi) is 3.89. The highest BCUT2D eigenvalue weighted by Gasteiger charge is 2.13. The minimum Gasteiger partial charge on any atom is -0.469 e. The quantitative estimate of drug-likeness (QED) is 0.711. The molecule has 15 heavy (non-hydrogen) atoms. The number of carbonyl (C=O) groups excluding carboxylic acids is 1. The first-order valence-corrected chi connectivity index (χ1v) is 5.18. The molecule has 82 valence electrons. The van der Waals surface area contributed by atoms with Gasteiger partial charge in [-0.25, -0.2) is 0 Å². The zero-order valence-electron chi connectivity index (χ0n) is 9.83. The molecule has 1 unspecified atom stereocenters. The normalized spacial score (nSPS) is 12.3. The molecule has 2 nitrogen and oxygen atoms in total. The molecule has 0 aromatic heterocycles. The monoisotopic (exact) mass is 206 g/mol. The highest BCUT2D eigenvalue weighted by atomic mass is 16.5. The lowest BCUT2D eigenvalue weighted by atomic mass is 9.92. The summed E-state index contributed by atoms with van der Waals surface area (Å²) in [7, 11) is 1.43. The maximum Gasteiger partial charge on any atom is 0.306 e. The van der Waals surface area contributed by atoms with Crippen LogP contribution in [-0.4, -0.2) is 13.1 Å². The van der Waals surface area contributed by atoms with E-state index in [0.29, 0.717) is 6.42 Å². The molecule has 1 rings (SSSR count). The predicted molar refractivity (Wildman–Crippen MR) is 61.0 cm³/mol. The van der Waals surface area contributed by atoms with Gasteiger partial charge >= 0.3 is 5.97 Å². The molecule has 1 aromatic rings. The largest absolute Gasteiger partial charge is 0.469 e. The standard InChI is InChI=1S/C13H18O2/c1-9-5-6-10(2)12(7-9)11(3)8-13(14)15-4/h5-7,11H,8H2,1-4H3. The molecule has 0 saturated heterocycles. The Morgan fingerprint density at radius 1 is 1.40 bits per heavy atom. The molecule has 0 aliphatic carbocycles. The summed E-state index contributed by atoms with van der Waals surface area (Å²) in [5.74, 6) is 0.0701. The second-order valence-electron chi connectivity index (χ2n) is 4.04. The number of ether oxygens (including phenoxy) is 1. The summed E-state index contributed by atoms with van der Waals surface area (Å²) in [5, 5.41) is 0. The molecular weight excluding hydrogens is 188 g/mol. The van der Waals surface area contributed by atoms with Crippen LogP contribution in [0.25, 0.3) is 0 Å². The average molecular weight is 206 g/mol. The zero-order chi connectivity index (χ0) is 11.4. The highest BCUT2D eigenvalue weighted by molar-refractivity contribution is 5.70. The number of benzene rings is 1. The molecule has 0 aliphatic rings. The molecule has 0 bridgehead atoms. The van der Waals surface area contributed by atoms with Gasteiger partial charge in [0.05, 0.1) is 13.5 Å². The van der Waals surface area contributed by atoms with E-state index in [-0.39, 0.29) is 11.9 Å². The summed E-state index contributed by atoms with van der Waals surface area (Å²) in [6, 6.07) is 6.32. The van der Waals surface area contributed by atoms with E-state index in [4.69, 9.17) is 0 Å². The van der Waals surface area contributed by atoms with Gasteiger partial charge in [0, 0.05) is 0 Å². The van der Waals surface area contributed by atoms with E-state index >= 15 is 0 Å². The third-order valence-corrected chi connectivity index (χ3v) is 2.67. The molecular formula is C13H18O2. The fourth-order valence-corrected chi connectivity index (χ4v) is 1.73. The SMILES string of the molecule is COC(=O)CC(C)c1cc(C)ccc1C. The van der Waals surface area contributed by atoms with Crippen molar-refractivity contribution in [1.29, 1.82) is 0 Å². The smallest absolute Gasteiger partial charge is 0.306 e. The minimum atomic E-state index is -0.150. The van der Waals surface area contributed by atoms with Crippen LogP contribution in [0.15, 0.2) is 18.2 Å². The molecule has 0 saturated carbocycles. The molecule has 0 radical (unpaired) electrons. The summed E-state index contributed by atoms with van der Waals surface area (Å²) in [4.78, 5) is 11.2. The minimum absolute atomic E-state index is 0.150. The zero-order valence-corrected chi connectivity index (χ0v) is 9.83. The number of carbonyl (C=O) groups is 1. The van der Waals surface area contributed by atoms with Crippen molar-refractivity contribution in [3.8, 4) is 0 Å². The fourth-order valence-electron chi connectivity index (χ4n) is 1.73. The van der Waals surface area contributed by atoms with Gasteiger partial charge in [-0.3, -0.25) is 4.79 Å². The van der Waals surface area contributed by atoms with Crippen molar-refractivity contribution in [3.05, 3.63) is 34.9 Å². The molecule has 0 aliphatic heterocycles. The van der Waals surface area contributed by atoms with Crippen LogP contribution in [0.4, 0.5) is 0 Å². The van der Waals surface area contributed by atoms with Crippen LogP contribution in [0, 0.1) is 13.8 Å². The Hall–Kier alpha value is -1.31. The van der Waals surface area contributed by atoms with Crippen molar-refractivity contribution in [2.75, 3.05) is 7.11 Å². The first kappa shape index (κ1) is 11.8. The Balaban J connectivity index is 2.85. The average Bonchev–Trinajstić information content (AvgIpc) is 2.21. The number of methoxy groups -OCH3 is 1. The molecule has 1 atom stereocenters. The van der Waals surface area contributed by atoms with E-state index in [1.54, 1.807) is 0 Å². The molecule has 2 heteroatoms. The van der Waals surface area contributed by atoms with Crippen molar-refractivity contribution in [3.63, 3.8) is 0 Å². The van der Waals surface area contributed by atoms with E-state index in [1.165, 1.54) is 23.8 Å². The van der Waals surface area contributed by atoms with Crippen LogP contribution >= 0.6 is 0 Å². The highest BCUT2D eigenvalue weighted by Crippen LogP contribution is 2.23. The third kappa shape index (κ3) is 3.08. The molecule has 0 heterocycles. The van der Waals surface area contributed by atoms with E-state index in [9.17, 15) is 4.79 Å². The molecule has 0 fully saturated rings. The molecule has 0 spiro atoms. The van der Waals surface area contributed by atoms with Gasteiger partial charge in [-0.2, -0.15) is 0 Å². The van der Waals surface area contributed by atoms with Crippen molar-refractivity contribution < 1.29 is 9.53 Å². The Labute approximate surface area is 91.3 Å². The number of aryl methyl sites for hydroxylation is 2. The fraction of sp³-hybridized carbons (Fsp3) is 0.462. The van der Waals surface area contributed by atoms with Gasteiger partial charge in [-0.1, -0.05) is 30.7 Å². The topological polar surface area (TPSA) is 26.3 Å². The first-order chi connectivity index (χ1) is 7.04. The molecule has 0 N–H and O–H groups in total. The van der Waals surface area contributed by atoms with Gasteiger partial charge in [-0.05, 0) is 30.9 Å². The van der Waals surface area contributed by atoms with Crippen molar-refractivity contribution in [2.24, 2.45) is 0 Å². The van der Waals surface area contributed by atoms with Gasteiger partial charge in [0.2, 0.25) is 0 Å². The Morgan fingerprint density at radius 2 is 2.07 bits per heavy atom. The molecule has 0 amide bonds. The molecule has 1 aromatic carbocycles. The van der Waals surface area contributed by atoms with Crippen molar-refractivity contribution >= 4 is 5.97 Å². The van der Waals surface area contributed by atoms with Crippen LogP contribution in [0.3, 0.4) is 0 Å². The lowest BCUT2D eigenvalue weighted by Gasteiger charge is -2.14. The van der Waals surface area contributed by atoms with E-state index < -0.39 is 0 Å². The van der Waals surface area contributed by atoms with Crippen molar-refractivity contribution in [1.82, 2.24) is 0 Å². The Morgan fingerprint density at radius 3 is 2.67 bits per heavy atom. The second-order valence-corrected chi connectivity index (χ2v) is 4.04. The predicted octanol–water partition coefficient (Wildman–Crippen LogP) is 2.97. The van der Waals surface area contributed by atoms with Crippen LogP contribution in [0.2, 0.25) is 0 Å².